The molecule has 0 unspecified atom stereocenters. The van der Waals surface area contributed by atoms with E-state index in [0.717, 1.165) is 60.6 Å². The Hall–Kier alpha value is -6.23. The van der Waals surface area contributed by atoms with Crippen LogP contribution in [0, 0.1) is 12.1 Å². The van der Waals surface area contributed by atoms with Crippen LogP contribution in [0.4, 0.5) is 17.1 Å². The minimum atomic E-state index is -0.258. The summed E-state index contributed by atoms with van der Waals surface area (Å²) >= 11 is 0. The third kappa shape index (κ3) is 4.70. The molecule has 0 amide bonds. The second-order valence-corrected chi connectivity index (χ2v) is 14.2. The minimum Gasteiger partial charge on any atom is -0.503 e. The molecule has 4 aromatic heterocycles. The average Bonchev–Trinajstić information content (AvgIpc) is 3.82. The topological polar surface area (TPSA) is 47.6 Å². The van der Waals surface area contributed by atoms with E-state index in [9.17, 15) is 0 Å². The summed E-state index contributed by atoms with van der Waals surface area (Å²) in [5, 5.41) is 5.34. The number of pyridine rings is 2. The molecule has 0 aliphatic carbocycles. The fourth-order valence-corrected chi connectivity index (χ4v) is 8.41. The Kier molecular flexibility index (Phi) is 7.30. The van der Waals surface area contributed by atoms with Gasteiger partial charge in [-0.05, 0) is 65.0 Å². The molecular weight excluding hydrogens is 846 g/mol. The summed E-state index contributed by atoms with van der Waals surface area (Å²) < 4.78 is 10.8. The van der Waals surface area contributed by atoms with Gasteiger partial charge in [0, 0.05) is 57.5 Å². The molecule has 1 aliphatic rings. The predicted octanol–water partition coefficient (Wildman–Crippen LogP) is 11.6. The van der Waals surface area contributed by atoms with E-state index in [1.165, 1.54) is 22.5 Å². The molecule has 5 heterocycles. The Bertz CT molecular complexity index is 3090. The zero-order valence-electron chi connectivity index (χ0n) is 29.4. The van der Waals surface area contributed by atoms with E-state index in [1.807, 2.05) is 42.9 Å². The molecule has 0 radical (unpaired) electrons. The molecule has 10 aromatic rings. The van der Waals surface area contributed by atoms with Crippen LogP contribution in [0.15, 0.2) is 152 Å². The van der Waals surface area contributed by atoms with Gasteiger partial charge in [0.05, 0.1) is 22.5 Å². The first-order chi connectivity index (χ1) is 26.0. The van der Waals surface area contributed by atoms with E-state index in [2.05, 4.69) is 154 Å². The number of ether oxygens (including phenoxy) is 1. The number of rotatable bonds is 4. The van der Waals surface area contributed by atoms with Crippen molar-refractivity contribution in [1.82, 2.24) is 18.9 Å². The maximum absolute atomic E-state index is 6.52. The largest absolute Gasteiger partial charge is 2.00 e. The molecule has 6 nitrogen and oxygen atoms in total. The fourth-order valence-electron chi connectivity index (χ4n) is 8.41. The molecule has 0 atom stereocenters. The second kappa shape index (κ2) is 12.2. The van der Waals surface area contributed by atoms with Crippen LogP contribution in [0.5, 0.6) is 11.5 Å². The molecule has 1 aliphatic heterocycles. The van der Waals surface area contributed by atoms with Crippen molar-refractivity contribution in [1.29, 1.82) is 0 Å². The molecule has 0 N–H and O–H groups in total. The van der Waals surface area contributed by atoms with Crippen LogP contribution in [0.25, 0.3) is 54.9 Å². The second-order valence-electron chi connectivity index (χ2n) is 14.2. The van der Waals surface area contributed by atoms with Gasteiger partial charge in [0.1, 0.15) is 5.65 Å². The van der Waals surface area contributed by atoms with Gasteiger partial charge in [0.25, 0.3) is 0 Å². The molecule has 6 aromatic carbocycles. The van der Waals surface area contributed by atoms with E-state index < -0.39 is 0 Å². The van der Waals surface area contributed by atoms with Crippen LogP contribution in [0.1, 0.15) is 25.0 Å². The van der Waals surface area contributed by atoms with Gasteiger partial charge < -0.3 is 18.6 Å². The van der Waals surface area contributed by atoms with Crippen molar-refractivity contribution in [2.75, 3.05) is 4.90 Å². The minimum absolute atomic E-state index is 0. The number of anilines is 3. The Morgan fingerprint density at radius 1 is 0.574 bits per heavy atom. The first-order valence-electron chi connectivity index (χ1n) is 17.8. The van der Waals surface area contributed by atoms with Gasteiger partial charge in [-0.1, -0.05) is 91.0 Å². The van der Waals surface area contributed by atoms with E-state index in [1.54, 1.807) is 0 Å². The SMILES string of the molecule is CC1(C)c2ccccc2N(c2ccccc2)c2cc3c4cccnc4n(-c4[c-]c(Oc5[c-]c6c(cc5)c5ccccc5n5ccnc65)ccc4)c3cc21.[Pt+2]. The quantitative estimate of drug-likeness (QED) is 0.131. The summed E-state index contributed by atoms with van der Waals surface area (Å²) in [7, 11) is 0. The summed E-state index contributed by atoms with van der Waals surface area (Å²) in [4.78, 5) is 12.0. The molecule has 54 heavy (non-hydrogen) atoms. The van der Waals surface area contributed by atoms with Crippen molar-refractivity contribution in [3.05, 3.63) is 175 Å². The zero-order valence-corrected chi connectivity index (χ0v) is 31.7. The molecule has 0 spiro atoms. The molecule has 11 rings (SSSR count). The Labute approximate surface area is 326 Å². The van der Waals surface area contributed by atoms with Crippen LogP contribution in [-0.4, -0.2) is 18.9 Å². The average molecular weight is 877 g/mol. The number of nitrogens with zero attached hydrogens (tertiary/aromatic N) is 5. The van der Waals surface area contributed by atoms with Crippen LogP contribution in [0.2, 0.25) is 0 Å². The number of benzene rings is 6. The van der Waals surface area contributed by atoms with Crippen LogP contribution in [0.3, 0.4) is 0 Å². The van der Waals surface area contributed by atoms with E-state index in [4.69, 9.17) is 9.72 Å². The van der Waals surface area contributed by atoms with E-state index in [0.29, 0.717) is 11.5 Å². The summed E-state index contributed by atoms with van der Waals surface area (Å²) in [6.45, 7) is 4.65. The number of hydrogen-bond donors (Lipinski definition) is 0. The fraction of sp³-hybridized carbons (Fsp3) is 0.0638. The van der Waals surface area contributed by atoms with Gasteiger partial charge in [-0.2, -0.15) is 6.07 Å². The zero-order chi connectivity index (χ0) is 35.3. The number of fused-ring (bicyclic) bond motifs is 11. The molecule has 0 saturated carbocycles. The summed E-state index contributed by atoms with van der Waals surface area (Å²) in [5.74, 6) is 1.19. The van der Waals surface area contributed by atoms with Gasteiger partial charge in [-0.25, -0.2) is 4.98 Å². The van der Waals surface area contributed by atoms with Crippen molar-refractivity contribution >= 4 is 66.3 Å². The smallest absolute Gasteiger partial charge is 0.503 e. The van der Waals surface area contributed by atoms with Gasteiger partial charge in [0.2, 0.25) is 0 Å². The molecule has 0 saturated heterocycles. The van der Waals surface area contributed by atoms with Gasteiger partial charge in [-0.15, -0.1) is 30.3 Å². The maximum atomic E-state index is 6.52. The summed E-state index contributed by atoms with van der Waals surface area (Å²) in [5.41, 5.74) is 10.5. The third-order valence-corrected chi connectivity index (χ3v) is 10.8. The maximum Gasteiger partial charge on any atom is 2.00 e. The van der Waals surface area contributed by atoms with Gasteiger partial charge in [0.15, 0.2) is 0 Å². The summed E-state index contributed by atoms with van der Waals surface area (Å²) in [6, 6.07) is 53.9. The van der Waals surface area contributed by atoms with E-state index in [-0.39, 0.29) is 26.5 Å². The van der Waals surface area contributed by atoms with Crippen LogP contribution in [-0.2, 0) is 26.5 Å². The predicted molar refractivity (Wildman–Crippen MR) is 213 cm³/mol. The van der Waals surface area contributed by atoms with Gasteiger partial charge in [-0.3, -0.25) is 4.98 Å². The monoisotopic (exact) mass is 876 g/mol. The molecule has 0 bridgehead atoms. The third-order valence-electron chi connectivity index (χ3n) is 10.8. The first-order valence-corrected chi connectivity index (χ1v) is 17.8. The number of hydrogen-bond acceptors (Lipinski definition) is 4. The normalized spacial score (nSPS) is 13.3. The van der Waals surface area contributed by atoms with Crippen molar-refractivity contribution < 1.29 is 25.8 Å². The first kappa shape index (κ1) is 32.4. The molecule has 7 heteroatoms. The van der Waals surface area contributed by atoms with Crippen LogP contribution < -0.4 is 9.64 Å². The van der Waals surface area contributed by atoms with E-state index >= 15 is 0 Å². The van der Waals surface area contributed by atoms with Gasteiger partial charge >= 0.3 is 21.1 Å². The molecule has 0 fully saturated rings. The van der Waals surface area contributed by atoms with Crippen molar-refractivity contribution in [2.24, 2.45) is 0 Å². The Morgan fingerprint density at radius 3 is 2.26 bits per heavy atom. The Balaban J connectivity index is 0.00000361. The van der Waals surface area contributed by atoms with Crippen LogP contribution >= 0.6 is 0 Å². The van der Waals surface area contributed by atoms with Crippen molar-refractivity contribution in [3.8, 4) is 17.2 Å². The summed E-state index contributed by atoms with van der Waals surface area (Å²) in [6.07, 6.45) is 5.68. The standard InChI is InChI=1S/C47H31N5O.Pt/c1-47(2)39-18-7-9-20-42(39)51(30-12-4-3-5-13-30)44-28-37-36-17-11-23-48-46(36)52(43(37)29-40(44)47)31-14-10-15-32(26-31)53-33-21-22-34-35-16-6-8-19-41(35)50-25-24-49-45(50)38(34)27-33;/h3-25,28-29H,1-2H3;/q-2;+2. The molecular formula is C47H31N5OPt. The number of aromatic nitrogens is 4. The molecule has 260 valence electrons. The van der Waals surface area contributed by atoms with Crippen molar-refractivity contribution in [3.63, 3.8) is 0 Å². The van der Waals surface area contributed by atoms with Crippen molar-refractivity contribution in [2.45, 2.75) is 19.3 Å². The number of para-hydroxylation sites is 3. The Morgan fingerprint density at radius 2 is 1.35 bits per heavy atom. The number of imidazole rings is 1.